The zero-order chi connectivity index (χ0) is 27.0. The van der Waals surface area contributed by atoms with Crippen LogP contribution in [0, 0.1) is 12.7 Å². The van der Waals surface area contributed by atoms with Crippen LogP contribution < -0.4 is 9.46 Å². The number of rotatable bonds is 6. The van der Waals surface area contributed by atoms with Gasteiger partial charge in [0.1, 0.15) is 16.8 Å². The number of piperidine rings is 1. The number of pyridine rings is 1. The van der Waals surface area contributed by atoms with Crippen molar-refractivity contribution in [2.24, 2.45) is 0 Å². The number of nitrogens with zero attached hydrogens (tertiary/aromatic N) is 3. The molecule has 5 rings (SSSR count). The number of hydrogen-bond donors (Lipinski definition) is 2. The van der Waals surface area contributed by atoms with Gasteiger partial charge in [-0.1, -0.05) is 23.7 Å². The zero-order valence-corrected chi connectivity index (χ0v) is 22.2. The average molecular weight is 558 g/mol. The summed E-state index contributed by atoms with van der Waals surface area (Å²) >= 11 is 5.85. The van der Waals surface area contributed by atoms with Gasteiger partial charge in [0.05, 0.1) is 16.6 Å². The van der Waals surface area contributed by atoms with Crippen molar-refractivity contribution in [3.8, 4) is 17.1 Å². The molecule has 2 N–H and O–H groups in total. The zero-order valence-electron chi connectivity index (χ0n) is 20.7. The Labute approximate surface area is 224 Å². The van der Waals surface area contributed by atoms with Crippen molar-refractivity contribution in [3.05, 3.63) is 65.1 Å². The molecule has 4 aromatic rings. The molecule has 1 saturated heterocycles. The van der Waals surface area contributed by atoms with Crippen molar-refractivity contribution in [3.63, 3.8) is 0 Å². The lowest BCUT2D eigenvalue weighted by Crippen LogP contribution is -2.40. The number of nitrogens with one attached hydrogen (secondary N) is 2. The normalized spacial score (nSPS) is 14.6. The summed E-state index contributed by atoms with van der Waals surface area (Å²) in [4.78, 5) is 17.7. The Morgan fingerprint density at radius 3 is 2.55 bits per heavy atom. The third-order valence-corrected chi connectivity index (χ3v) is 8.10. The third kappa shape index (κ3) is 5.30. The maximum atomic E-state index is 14.1. The molecule has 2 aromatic carbocycles. The molecule has 3 heterocycles. The lowest BCUT2D eigenvalue weighted by Gasteiger charge is -2.31. The van der Waals surface area contributed by atoms with Crippen molar-refractivity contribution in [1.82, 2.24) is 20.1 Å². The summed E-state index contributed by atoms with van der Waals surface area (Å²) in [5.74, 6) is -0.392. The van der Waals surface area contributed by atoms with Crippen LogP contribution in [0.25, 0.3) is 22.2 Å². The lowest BCUT2D eigenvalue weighted by molar-refractivity contribution is -0.130. The first kappa shape index (κ1) is 25.9. The topological polar surface area (TPSA) is 117 Å². The first-order chi connectivity index (χ1) is 18.1. The number of likely N-dealkylation sites (tertiary alicyclic amines) is 1. The van der Waals surface area contributed by atoms with Crippen LogP contribution in [0.3, 0.4) is 0 Å². The molecule has 0 aliphatic carbocycles. The number of sulfonamides is 1. The molecule has 1 fully saturated rings. The molecule has 0 atom stereocenters. The van der Waals surface area contributed by atoms with Gasteiger partial charge in [-0.25, -0.2) is 17.8 Å². The van der Waals surface area contributed by atoms with Gasteiger partial charge in [-0.2, -0.15) is 5.10 Å². The number of ether oxygens (including phenoxy) is 1. The van der Waals surface area contributed by atoms with E-state index in [9.17, 15) is 17.6 Å². The number of carbonyl (C=O) groups is 1. The van der Waals surface area contributed by atoms with Gasteiger partial charge in [0.15, 0.2) is 0 Å². The summed E-state index contributed by atoms with van der Waals surface area (Å²) in [7, 11) is -4.19. The van der Waals surface area contributed by atoms with E-state index in [-0.39, 0.29) is 22.7 Å². The Morgan fingerprint density at radius 1 is 1.16 bits per heavy atom. The van der Waals surface area contributed by atoms with E-state index < -0.39 is 20.7 Å². The molecule has 0 unspecified atom stereocenters. The fourth-order valence-corrected chi connectivity index (χ4v) is 5.83. The molecule has 1 amide bonds. The SMILES string of the molecule is CC(=O)N1CCC(Oc2nc(-c3ccc(NS(=O)(=O)c4cc(Cl)ccc4F)cc3)cc3n[nH]c(C)c23)CC1. The number of aromatic nitrogens is 3. The highest BCUT2D eigenvalue weighted by Crippen LogP contribution is 2.33. The van der Waals surface area contributed by atoms with Crippen LogP contribution in [0.2, 0.25) is 5.02 Å². The summed E-state index contributed by atoms with van der Waals surface area (Å²) in [5, 5.41) is 8.25. The Balaban J connectivity index is 1.39. The molecule has 198 valence electrons. The minimum absolute atomic E-state index is 0.0556. The minimum Gasteiger partial charge on any atom is -0.474 e. The van der Waals surface area contributed by atoms with Gasteiger partial charge in [-0.3, -0.25) is 14.6 Å². The van der Waals surface area contributed by atoms with E-state index in [0.717, 1.165) is 23.2 Å². The van der Waals surface area contributed by atoms with Crippen molar-refractivity contribution < 1.29 is 22.3 Å². The molecule has 1 aliphatic rings. The maximum absolute atomic E-state index is 14.1. The van der Waals surface area contributed by atoms with E-state index in [0.29, 0.717) is 48.6 Å². The van der Waals surface area contributed by atoms with Gasteiger partial charge >= 0.3 is 0 Å². The van der Waals surface area contributed by atoms with E-state index in [1.807, 2.05) is 13.0 Å². The van der Waals surface area contributed by atoms with Gasteiger partial charge in [0.25, 0.3) is 10.0 Å². The second kappa shape index (κ2) is 10.2. The lowest BCUT2D eigenvalue weighted by atomic mass is 10.1. The number of carbonyl (C=O) groups excluding carboxylic acids is 1. The van der Waals surface area contributed by atoms with Crippen LogP contribution in [0.15, 0.2) is 53.4 Å². The molecular formula is C26H25ClFN5O4S. The molecule has 0 radical (unpaired) electrons. The first-order valence-corrected chi connectivity index (χ1v) is 13.8. The van der Waals surface area contributed by atoms with E-state index in [1.165, 1.54) is 6.07 Å². The highest BCUT2D eigenvalue weighted by Gasteiger charge is 2.24. The Bertz CT molecular complexity index is 1620. The number of aromatic amines is 1. The number of fused-ring (bicyclic) bond motifs is 1. The minimum atomic E-state index is -4.19. The highest BCUT2D eigenvalue weighted by molar-refractivity contribution is 7.92. The molecule has 2 aromatic heterocycles. The smallest absolute Gasteiger partial charge is 0.264 e. The van der Waals surface area contributed by atoms with E-state index in [4.69, 9.17) is 21.3 Å². The summed E-state index contributed by atoms with van der Waals surface area (Å²) in [5.41, 5.74) is 3.06. The monoisotopic (exact) mass is 557 g/mol. The number of anilines is 1. The number of amides is 1. The van der Waals surface area contributed by atoms with Crippen molar-refractivity contribution >= 4 is 44.1 Å². The fraction of sp³-hybridized carbons (Fsp3) is 0.269. The van der Waals surface area contributed by atoms with Crippen LogP contribution in [0.5, 0.6) is 5.88 Å². The van der Waals surface area contributed by atoms with Crippen molar-refractivity contribution in [2.45, 2.75) is 37.7 Å². The second-order valence-corrected chi connectivity index (χ2v) is 11.2. The van der Waals surface area contributed by atoms with Gasteiger partial charge in [-0.05, 0) is 43.3 Å². The number of benzene rings is 2. The second-order valence-electron chi connectivity index (χ2n) is 9.14. The fourth-order valence-electron chi connectivity index (χ4n) is 4.43. The van der Waals surface area contributed by atoms with Gasteiger partial charge in [-0.15, -0.1) is 0 Å². The van der Waals surface area contributed by atoms with Gasteiger partial charge in [0, 0.05) is 54.8 Å². The van der Waals surface area contributed by atoms with E-state index >= 15 is 0 Å². The van der Waals surface area contributed by atoms with Crippen LogP contribution in [0.1, 0.15) is 25.5 Å². The molecule has 38 heavy (non-hydrogen) atoms. The highest BCUT2D eigenvalue weighted by atomic mass is 35.5. The quantitative estimate of drug-likeness (QED) is 0.348. The summed E-state index contributed by atoms with van der Waals surface area (Å²) in [6.07, 6.45) is 1.31. The molecule has 0 spiro atoms. The van der Waals surface area contributed by atoms with E-state index in [1.54, 1.807) is 36.1 Å². The van der Waals surface area contributed by atoms with Crippen LogP contribution >= 0.6 is 11.6 Å². The van der Waals surface area contributed by atoms with Crippen molar-refractivity contribution in [2.75, 3.05) is 17.8 Å². The largest absolute Gasteiger partial charge is 0.474 e. The summed E-state index contributed by atoms with van der Waals surface area (Å²) < 4.78 is 48.2. The van der Waals surface area contributed by atoms with Gasteiger partial charge < -0.3 is 9.64 Å². The van der Waals surface area contributed by atoms with E-state index in [2.05, 4.69) is 14.9 Å². The predicted molar refractivity (Wildman–Crippen MR) is 142 cm³/mol. The van der Waals surface area contributed by atoms with Crippen LogP contribution in [0.4, 0.5) is 10.1 Å². The molecule has 9 nitrogen and oxygen atoms in total. The first-order valence-electron chi connectivity index (χ1n) is 12.0. The number of halogens is 2. The molecule has 0 bridgehead atoms. The molecule has 12 heteroatoms. The summed E-state index contributed by atoms with van der Waals surface area (Å²) in [6.45, 7) is 4.72. The van der Waals surface area contributed by atoms with Crippen LogP contribution in [-0.4, -0.2) is 53.6 Å². The maximum Gasteiger partial charge on any atom is 0.264 e. The number of hydrogen-bond acceptors (Lipinski definition) is 6. The number of aryl methyl sites for hydroxylation is 1. The van der Waals surface area contributed by atoms with Crippen molar-refractivity contribution in [1.29, 1.82) is 0 Å². The Kier molecular flexibility index (Phi) is 6.97. The Morgan fingerprint density at radius 2 is 1.87 bits per heavy atom. The molecule has 1 aliphatic heterocycles. The molecular weight excluding hydrogens is 533 g/mol. The van der Waals surface area contributed by atoms with Gasteiger partial charge in [0.2, 0.25) is 11.8 Å². The predicted octanol–water partition coefficient (Wildman–Crippen LogP) is 4.92. The molecule has 0 saturated carbocycles. The average Bonchev–Trinajstić information content (AvgIpc) is 3.26. The number of H-pyrrole nitrogens is 1. The summed E-state index contributed by atoms with van der Waals surface area (Å²) in [6, 6.07) is 11.7. The third-order valence-electron chi connectivity index (χ3n) is 6.47. The standard InChI is InChI=1S/C26H25ClFN5O4S/c1-15-25-23(31-30-15)14-22(29-26(25)37-20-9-11-33(12-10-20)16(2)34)17-3-6-19(7-4-17)32-38(35,36)24-13-18(27)5-8-21(24)28/h3-8,13-14,20,32H,9-12H2,1-2H3,(H,30,31). The van der Waals surface area contributed by atoms with Crippen LogP contribution in [-0.2, 0) is 14.8 Å². The Hall–Kier alpha value is -3.70.